The van der Waals surface area contributed by atoms with Crippen molar-refractivity contribution in [3.63, 3.8) is 0 Å². The maximum atomic E-state index is 13.4. The van der Waals surface area contributed by atoms with Crippen LogP contribution >= 0.6 is 0 Å². The molecule has 0 aliphatic carbocycles. The third kappa shape index (κ3) is 3.67. The Morgan fingerprint density at radius 3 is 2.62 bits per heavy atom. The van der Waals surface area contributed by atoms with E-state index >= 15 is 0 Å². The van der Waals surface area contributed by atoms with Gasteiger partial charge in [0.1, 0.15) is 12.1 Å². The van der Waals surface area contributed by atoms with Crippen LogP contribution in [0.4, 0.5) is 0 Å². The highest BCUT2D eigenvalue weighted by Gasteiger charge is 2.31. The molecule has 0 spiro atoms. The summed E-state index contributed by atoms with van der Waals surface area (Å²) < 4.78 is 13.9. The fourth-order valence-corrected chi connectivity index (χ4v) is 4.45. The van der Waals surface area contributed by atoms with Gasteiger partial charge in [0.2, 0.25) is 0 Å². The highest BCUT2D eigenvalue weighted by atomic mass is 16.5. The molecule has 0 unspecified atom stereocenters. The van der Waals surface area contributed by atoms with Gasteiger partial charge in [-0.1, -0.05) is 30.3 Å². The minimum Gasteiger partial charge on any atom is -0.494 e. The van der Waals surface area contributed by atoms with Crippen LogP contribution in [0.25, 0.3) is 28.1 Å². The quantitative estimate of drug-likeness (QED) is 0.272. The first-order chi connectivity index (χ1) is 18.1. The number of ketones is 1. The smallest absolute Gasteiger partial charge is 0.335 e. The van der Waals surface area contributed by atoms with Gasteiger partial charge >= 0.3 is 6.01 Å². The van der Waals surface area contributed by atoms with Gasteiger partial charge in [0, 0.05) is 24.8 Å². The molecule has 6 rings (SSSR count). The predicted octanol–water partition coefficient (Wildman–Crippen LogP) is 1.64. The molecule has 13 heteroatoms. The van der Waals surface area contributed by atoms with Crippen LogP contribution in [0.5, 0.6) is 11.8 Å². The van der Waals surface area contributed by atoms with Crippen LogP contribution in [0.1, 0.15) is 16.2 Å². The Bertz CT molecular complexity index is 1640. The van der Waals surface area contributed by atoms with Crippen molar-refractivity contribution in [3.05, 3.63) is 60.4 Å². The summed E-state index contributed by atoms with van der Waals surface area (Å²) >= 11 is 0. The van der Waals surface area contributed by atoms with Gasteiger partial charge in [-0.3, -0.25) is 9.59 Å². The molecular formula is C24H21N9O4. The average molecular weight is 499 g/mol. The summed E-state index contributed by atoms with van der Waals surface area (Å²) in [4.78, 5) is 39.7. The fraction of sp³-hybridized carbons (Fsp3) is 0.208. The normalized spacial score (nSPS) is 13.0. The molecule has 0 fully saturated rings. The van der Waals surface area contributed by atoms with E-state index in [2.05, 4.69) is 30.2 Å². The minimum absolute atomic E-state index is 0.164. The van der Waals surface area contributed by atoms with Crippen molar-refractivity contribution in [3.8, 4) is 29.0 Å². The number of carbonyl (C=O) groups excluding carboxylic acids is 2. The molecule has 0 bridgehead atoms. The van der Waals surface area contributed by atoms with E-state index in [1.165, 1.54) is 42.5 Å². The molecule has 0 saturated heterocycles. The number of pyridine rings is 1. The SMILES string of the molecule is COc1ncn(-c2ncc(OC)c3c(C(=O)C(=O)N4CCn5c(nnc5-c5ccccc5)C4)c[nH]c23)n1. The second kappa shape index (κ2) is 8.86. The standard InChI is InChI=1S/C24H21N9O4/c1-36-16-11-26-22(33-13-27-24(30-33)37-2)19-18(16)15(10-25-19)20(34)23(35)31-8-9-32-17(12-31)28-29-21(32)14-6-4-3-5-7-14/h3-7,10-11,13,25H,8-9,12H2,1-2H3. The lowest BCUT2D eigenvalue weighted by Crippen LogP contribution is -2.42. The van der Waals surface area contributed by atoms with Gasteiger partial charge in [0.25, 0.3) is 11.7 Å². The summed E-state index contributed by atoms with van der Waals surface area (Å²) in [7, 11) is 2.93. The number of ether oxygens (including phenoxy) is 2. The lowest BCUT2D eigenvalue weighted by Gasteiger charge is -2.27. The molecule has 1 amide bonds. The van der Waals surface area contributed by atoms with Crippen molar-refractivity contribution in [2.75, 3.05) is 20.8 Å². The highest BCUT2D eigenvalue weighted by molar-refractivity contribution is 6.45. The molecule has 186 valence electrons. The number of fused-ring (bicyclic) bond motifs is 2. The van der Waals surface area contributed by atoms with Crippen molar-refractivity contribution in [1.82, 2.24) is 44.4 Å². The molecule has 5 heterocycles. The molecule has 0 saturated carbocycles. The van der Waals surface area contributed by atoms with E-state index < -0.39 is 11.7 Å². The fourth-order valence-electron chi connectivity index (χ4n) is 4.45. The van der Waals surface area contributed by atoms with Crippen LogP contribution in [0.3, 0.4) is 0 Å². The summed E-state index contributed by atoms with van der Waals surface area (Å²) in [6, 6.07) is 9.89. The number of aromatic nitrogens is 8. The van der Waals surface area contributed by atoms with E-state index in [-0.39, 0.29) is 18.1 Å². The van der Waals surface area contributed by atoms with E-state index in [1.807, 2.05) is 34.9 Å². The molecule has 4 aromatic heterocycles. The van der Waals surface area contributed by atoms with Crippen molar-refractivity contribution in [1.29, 1.82) is 0 Å². The number of rotatable bonds is 6. The number of aromatic amines is 1. The van der Waals surface area contributed by atoms with E-state index in [0.717, 1.165) is 11.4 Å². The maximum absolute atomic E-state index is 13.4. The zero-order chi connectivity index (χ0) is 25.5. The second-order valence-corrected chi connectivity index (χ2v) is 8.29. The Morgan fingerprint density at radius 2 is 1.86 bits per heavy atom. The van der Waals surface area contributed by atoms with Gasteiger partial charge in [0.15, 0.2) is 17.5 Å². The number of carbonyl (C=O) groups is 2. The molecule has 0 atom stereocenters. The number of nitrogens with one attached hydrogen (secondary N) is 1. The summed E-state index contributed by atoms with van der Waals surface area (Å²) in [5, 5.41) is 13.2. The lowest BCUT2D eigenvalue weighted by molar-refractivity contribution is -0.127. The highest BCUT2D eigenvalue weighted by Crippen LogP contribution is 2.32. The van der Waals surface area contributed by atoms with Crippen LogP contribution in [-0.2, 0) is 17.9 Å². The number of hydrogen-bond acceptors (Lipinski definition) is 9. The number of methoxy groups -OCH3 is 2. The largest absolute Gasteiger partial charge is 0.494 e. The Hall–Kier alpha value is -5.07. The number of Topliss-reactive ketones (excluding diaryl/α,β-unsaturated/α-hetero) is 1. The topological polar surface area (TPSA) is 146 Å². The van der Waals surface area contributed by atoms with Crippen molar-refractivity contribution in [2.24, 2.45) is 0 Å². The lowest BCUT2D eigenvalue weighted by atomic mass is 10.1. The zero-order valence-electron chi connectivity index (χ0n) is 20.0. The number of amides is 1. The van der Waals surface area contributed by atoms with Crippen molar-refractivity contribution >= 4 is 22.6 Å². The van der Waals surface area contributed by atoms with E-state index in [0.29, 0.717) is 41.4 Å². The Morgan fingerprint density at radius 1 is 1.03 bits per heavy atom. The molecular weight excluding hydrogens is 478 g/mol. The Kier molecular flexibility index (Phi) is 5.36. The van der Waals surface area contributed by atoms with Crippen LogP contribution in [0.15, 0.2) is 49.1 Å². The predicted molar refractivity (Wildman–Crippen MR) is 129 cm³/mol. The molecule has 37 heavy (non-hydrogen) atoms. The zero-order valence-corrected chi connectivity index (χ0v) is 20.0. The maximum Gasteiger partial charge on any atom is 0.335 e. The van der Waals surface area contributed by atoms with Crippen molar-refractivity contribution < 1.29 is 19.1 Å². The monoisotopic (exact) mass is 499 g/mol. The van der Waals surface area contributed by atoms with Gasteiger partial charge in [-0.15, -0.1) is 15.3 Å². The Labute approximate surface area is 209 Å². The molecule has 5 aromatic rings. The second-order valence-electron chi connectivity index (χ2n) is 8.29. The van der Waals surface area contributed by atoms with Crippen LogP contribution in [0.2, 0.25) is 0 Å². The Balaban J connectivity index is 1.31. The van der Waals surface area contributed by atoms with Gasteiger partial charge in [-0.05, 0) is 0 Å². The van der Waals surface area contributed by atoms with Crippen LogP contribution in [-0.4, -0.2) is 76.9 Å². The molecule has 1 aliphatic rings. The molecule has 0 radical (unpaired) electrons. The third-order valence-electron chi connectivity index (χ3n) is 6.26. The van der Waals surface area contributed by atoms with Gasteiger partial charge < -0.3 is 23.9 Å². The molecule has 1 N–H and O–H groups in total. The van der Waals surface area contributed by atoms with E-state index in [9.17, 15) is 9.59 Å². The summed E-state index contributed by atoms with van der Waals surface area (Å²) in [6.45, 7) is 1.00. The van der Waals surface area contributed by atoms with Gasteiger partial charge in [0.05, 0.1) is 43.4 Å². The summed E-state index contributed by atoms with van der Waals surface area (Å²) in [5.74, 6) is 0.759. The van der Waals surface area contributed by atoms with Gasteiger partial charge in [-0.25, -0.2) is 4.98 Å². The summed E-state index contributed by atoms with van der Waals surface area (Å²) in [5.41, 5.74) is 1.58. The van der Waals surface area contributed by atoms with Crippen LogP contribution in [0, 0.1) is 0 Å². The third-order valence-corrected chi connectivity index (χ3v) is 6.26. The molecule has 13 nitrogen and oxygen atoms in total. The van der Waals surface area contributed by atoms with Crippen LogP contribution < -0.4 is 9.47 Å². The van der Waals surface area contributed by atoms with E-state index in [1.54, 1.807) is 0 Å². The number of hydrogen-bond donors (Lipinski definition) is 1. The first kappa shape index (κ1) is 22.4. The summed E-state index contributed by atoms with van der Waals surface area (Å²) in [6.07, 6.45) is 4.39. The number of benzene rings is 1. The van der Waals surface area contributed by atoms with Gasteiger partial charge in [-0.2, -0.15) is 9.67 Å². The number of nitrogens with zero attached hydrogens (tertiary/aromatic N) is 8. The van der Waals surface area contributed by atoms with Crippen molar-refractivity contribution in [2.45, 2.75) is 13.1 Å². The average Bonchev–Trinajstić information content (AvgIpc) is 3.70. The molecule has 1 aliphatic heterocycles. The first-order valence-electron chi connectivity index (χ1n) is 11.4. The number of H-pyrrole nitrogens is 1. The van der Waals surface area contributed by atoms with E-state index in [4.69, 9.17) is 9.47 Å². The minimum atomic E-state index is -0.672. The molecule has 1 aromatic carbocycles. The first-order valence-corrected chi connectivity index (χ1v) is 11.4.